The molecule has 3 rings (SSSR count). The number of urea groups is 1. The summed E-state index contributed by atoms with van der Waals surface area (Å²) in [6.07, 6.45) is -7.97. The highest BCUT2D eigenvalue weighted by Crippen LogP contribution is 2.34. The number of carboxylic acid groups (broad SMARTS) is 2. The number of halogens is 3. The number of carboxylic acids is 2. The van der Waals surface area contributed by atoms with Gasteiger partial charge in [0, 0.05) is 25.4 Å². The summed E-state index contributed by atoms with van der Waals surface area (Å²) in [5, 5.41) is 64.6. The average molecular weight is 774 g/mol. The van der Waals surface area contributed by atoms with Gasteiger partial charge in [0.25, 0.3) is 5.56 Å². The van der Waals surface area contributed by atoms with Gasteiger partial charge in [0.15, 0.2) is 18.6 Å². The number of aliphatic hydroxyl groups is 4. The van der Waals surface area contributed by atoms with E-state index in [1.165, 1.54) is 32.1 Å². The maximum absolute atomic E-state index is 12.8. The molecule has 2 fully saturated rings. The lowest BCUT2D eigenvalue weighted by molar-refractivity contribution is -0.227. The molecule has 22 heteroatoms. The number of aromatic amines is 1. The normalized spacial score (nSPS) is 26.7. The number of aliphatic hydroxyl groups excluding tert-OH is 4. The lowest BCUT2D eigenvalue weighted by atomic mass is 9.99. The van der Waals surface area contributed by atoms with Crippen molar-refractivity contribution in [3.8, 4) is 0 Å². The zero-order valence-corrected chi connectivity index (χ0v) is 29.0. The molecule has 2 amide bonds. The van der Waals surface area contributed by atoms with Crippen molar-refractivity contribution in [2.75, 3.05) is 13.1 Å². The summed E-state index contributed by atoms with van der Waals surface area (Å²) in [6, 6.07) is -1.84. The van der Waals surface area contributed by atoms with Crippen LogP contribution in [0.3, 0.4) is 0 Å². The second-order valence-electron chi connectivity index (χ2n) is 12.6. The van der Waals surface area contributed by atoms with Crippen molar-refractivity contribution in [3.05, 3.63) is 33.1 Å². The standard InChI is InChI=1S/C29H49N5O12.C2HF3O2/c1-2-3-4-5-6-7-8-9-10-11-13-31-28(42)33-18(26(40)41)23(46-27-22(39)19(36)16(15-30)44-27)24-20(37)21(38)25(45-24)34-14-12-17(35)32-29(34)43;3-2(4,5)1(6)7/h12,14,16,18-25,27,36-39H,2-11,13,15,30H2,1H3,(H,40,41)(H2,31,33,42)(H,32,35,43);(H,6,7)/t16-,18+,19-,20+,21-,22-,23+,24+,25-,27+;/m1./s1. The van der Waals surface area contributed by atoms with Gasteiger partial charge in [-0.05, 0) is 6.42 Å². The van der Waals surface area contributed by atoms with E-state index < -0.39 is 96.7 Å². The number of nitrogens with zero attached hydrogens (tertiary/aromatic N) is 1. The van der Waals surface area contributed by atoms with Gasteiger partial charge < -0.3 is 61.2 Å². The third-order valence-corrected chi connectivity index (χ3v) is 8.51. The highest BCUT2D eigenvalue weighted by Gasteiger charge is 2.54. The van der Waals surface area contributed by atoms with Crippen LogP contribution in [0.25, 0.3) is 0 Å². The maximum atomic E-state index is 12.8. The van der Waals surface area contributed by atoms with Gasteiger partial charge in [-0.3, -0.25) is 14.3 Å². The van der Waals surface area contributed by atoms with Gasteiger partial charge in [0.05, 0.1) is 0 Å². The molecule has 0 radical (unpaired) electrons. The highest BCUT2D eigenvalue weighted by molar-refractivity contribution is 5.83. The van der Waals surface area contributed by atoms with Crippen molar-refractivity contribution in [2.24, 2.45) is 5.73 Å². The van der Waals surface area contributed by atoms with Gasteiger partial charge in [-0.2, -0.15) is 13.2 Å². The first kappa shape index (κ1) is 45.5. The Labute approximate surface area is 301 Å². The molecule has 3 heterocycles. The van der Waals surface area contributed by atoms with Crippen LogP contribution >= 0.6 is 0 Å². The first-order valence-electron chi connectivity index (χ1n) is 17.2. The molecule has 1 aromatic heterocycles. The molecule has 0 saturated carbocycles. The molecular formula is C31H50F3N5O14. The number of carbonyl (C=O) groups excluding carboxylic acids is 1. The Morgan fingerprint density at radius 2 is 1.49 bits per heavy atom. The first-order valence-corrected chi connectivity index (χ1v) is 17.2. The second-order valence-corrected chi connectivity index (χ2v) is 12.6. The predicted octanol–water partition coefficient (Wildman–Crippen LogP) is -0.747. The van der Waals surface area contributed by atoms with Gasteiger partial charge in [-0.25, -0.2) is 19.2 Å². The van der Waals surface area contributed by atoms with Crippen LogP contribution in [0.15, 0.2) is 21.9 Å². The molecular weight excluding hydrogens is 723 g/mol. The third kappa shape index (κ3) is 13.9. The number of amides is 2. The van der Waals surface area contributed by atoms with Gasteiger partial charge in [0.1, 0.15) is 42.7 Å². The van der Waals surface area contributed by atoms with Gasteiger partial charge in [0.2, 0.25) is 0 Å². The SMILES string of the molecule is CCCCCCCCCCCCNC(=O)N[C@H](C(=O)O)[C@H](O[C@@H]1O[C@H](CN)[C@@H](O)[C@H]1O)[C@H]1O[C@@H](n2ccc(=O)[nH]c2=O)[C@H](O)[C@@H]1O.O=C(O)C(F)(F)F. The molecule has 2 aliphatic heterocycles. The van der Waals surface area contributed by atoms with Crippen LogP contribution in [0, 0.1) is 0 Å². The lowest BCUT2D eigenvalue weighted by Gasteiger charge is -2.33. The summed E-state index contributed by atoms with van der Waals surface area (Å²) in [5.41, 5.74) is 3.86. The van der Waals surface area contributed by atoms with Crippen LogP contribution in [0.2, 0.25) is 0 Å². The van der Waals surface area contributed by atoms with Crippen LogP contribution < -0.4 is 27.6 Å². The Hall–Kier alpha value is -3.64. The van der Waals surface area contributed by atoms with Crippen LogP contribution in [0.5, 0.6) is 0 Å². The molecule has 0 aromatic carbocycles. The zero-order valence-electron chi connectivity index (χ0n) is 29.0. The lowest BCUT2D eigenvalue weighted by Crippen LogP contribution is -2.59. The van der Waals surface area contributed by atoms with Gasteiger partial charge in [-0.1, -0.05) is 64.7 Å². The Morgan fingerprint density at radius 1 is 0.925 bits per heavy atom. The van der Waals surface area contributed by atoms with Crippen molar-refractivity contribution in [1.82, 2.24) is 20.2 Å². The number of H-pyrrole nitrogens is 1. The molecule has 19 nitrogen and oxygen atoms in total. The number of hydrogen-bond donors (Lipinski definition) is 10. The van der Waals surface area contributed by atoms with Crippen molar-refractivity contribution in [2.45, 2.75) is 139 Å². The Bertz CT molecular complexity index is 1420. The van der Waals surface area contributed by atoms with Crippen molar-refractivity contribution in [3.63, 3.8) is 0 Å². The predicted molar refractivity (Wildman–Crippen MR) is 175 cm³/mol. The van der Waals surface area contributed by atoms with Crippen LogP contribution in [0.1, 0.15) is 77.4 Å². The van der Waals surface area contributed by atoms with Crippen molar-refractivity contribution in [1.29, 1.82) is 0 Å². The number of rotatable bonds is 19. The quantitative estimate of drug-likeness (QED) is 0.0774. The minimum atomic E-state index is -5.08. The fraction of sp³-hybridized carbons (Fsp3) is 0.774. The van der Waals surface area contributed by atoms with Crippen LogP contribution in [-0.2, 0) is 23.8 Å². The van der Waals surface area contributed by atoms with E-state index in [-0.39, 0.29) is 13.1 Å². The molecule has 11 N–H and O–H groups in total. The first-order chi connectivity index (χ1) is 24.9. The molecule has 0 bridgehead atoms. The second kappa shape index (κ2) is 21.9. The topological polar surface area (TPSA) is 305 Å². The van der Waals surface area contributed by atoms with Crippen molar-refractivity contribution >= 4 is 18.0 Å². The fourth-order valence-corrected chi connectivity index (χ4v) is 5.63. The third-order valence-electron chi connectivity index (χ3n) is 8.51. The van der Waals surface area contributed by atoms with Crippen LogP contribution in [0.4, 0.5) is 18.0 Å². The van der Waals surface area contributed by atoms with E-state index in [0.29, 0.717) is 6.42 Å². The van der Waals surface area contributed by atoms with Crippen LogP contribution in [-0.4, -0.2) is 132 Å². The number of aliphatic carboxylic acids is 2. The number of nitrogens with one attached hydrogen (secondary N) is 3. The number of ether oxygens (including phenoxy) is 3. The van der Waals surface area contributed by atoms with E-state index in [1.54, 1.807) is 0 Å². The maximum Gasteiger partial charge on any atom is 0.490 e. The Balaban J connectivity index is 0.00000126. The zero-order chi connectivity index (χ0) is 39.9. The van der Waals surface area contributed by atoms with E-state index >= 15 is 0 Å². The summed E-state index contributed by atoms with van der Waals surface area (Å²) < 4.78 is 49.4. The van der Waals surface area contributed by atoms with E-state index in [0.717, 1.165) is 42.5 Å². The monoisotopic (exact) mass is 773 g/mol. The molecule has 0 spiro atoms. The van der Waals surface area contributed by atoms with Gasteiger partial charge >= 0.3 is 29.8 Å². The number of unbranched alkanes of at least 4 members (excludes halogenated alkanes) is 9. The van der Waals surface area contributed by atoms with E-state index in [1.807, 2.05) is 4.98 Å². The number of nitrogens with two attached hydrogens (primary N) is 1. The fourth-order valence-electron chi connectivity index (χ4n) is 5.63. The molecule has 304 valence electrons. The summed E-state index contributed by atoms with van der Waals surface area (Å²) in [6.45, 7) is 2.22. The molecule has 2 saturated heterocycles. The van der Waals surface area contributed by atoms with Gasteiger partial charge in [-0.15, -0.1) is 0 Å². The Kier molecular flexibility index (Phi) is 18.8. The average Bonchev–Trinajstić information content (AvgIpc) is 3.53. The molecule has 1 aromatic rings. The molecule has 0 aliphatic carbocycles. The summed E-state index contributed by atoms with van der Waals surface area (Å²) in [5.74, 6) is -4.38. The minimum Gasteiger partial charge on any atom is -0.480 e. The number of hydrogen-bond acceptors (Lipinski definition) is 13. The minimum absolute atomic E-state index is 0.219. The van der Waals surface area contributed by atoms with E-state index in [4.69, 9.17) is 29.8 Å². The molecule has 53 heavy (non-hydrogen) atoms. The van der Waals surface area contributed by atoms with Crippen molar-refractivity contribution < 1.29 is 72.4 Å². The molecule has 2 aliphatic rings. The Morgan fingerprint density at radius 3 is 1.98 bits per heavy atom. The number of alkyl halides is 3. The largest absolute Gasteiger partial charge is 0.490 e. The summed E-state index contributed by atoms with van der Waals surface area (Å²) in [4.78, 5) is 60.0. The molecule has 10 atom stereocenters. The summed E-state index contributed by atoms with van der Waals surface area (Å²) >= 11 is 0. The number of carbonyl (C=O) groups is 3. The smallest absolute Gasteiger partial charge is 0.480 e. The van der Waals surface area contributed by atoms with E-state index in [9.17, 15) is 57.9 Å². The molecule has 0 unspecified atom stereocenters. The summed E-state index contributed by atoms with van der Waals surface area (Å²) in [7, 11) is 0. The number of aromatic nitrogens is 2. The highest BCUT2D eigenvalue weighted by atomic mass is 19.4. The van der Waals surface area contributed by atoms with E-state index in [2.05, 4.69) is 17.6 Å².